The summed E-state index contributed by atoms with van der Waals surface area (Å²) >= 11 is 1.65. The lowest BCUT2D eigenvalue weighted by molar-refractivity contribution is -0.242. The summed E-state index contributed by atoms with van der Waals surface area (Å²) in [5.74, 6) is -3.01. The number of H-pyrrole nitrogens is 1. The van der Waals surface area contributed by atoms with Gasteiger partial charge in [0.25, 0.3) is 0 Å². The Morgan fingerprint density at radius 1 is 1.02 bits per heavy atom. The van der Waals surface area contributed by atoms with Crippen LogP contribution in [-0.4, -0.2) is 150 Å². The number of esters is 3. The van der Waals surface area contributed by atoms with E-state index < -0.39 is 75.6 Å². The van der Waals surface area contributed by atoms with Crippen LogP contribution in [0.5, 0.6) is 0 Å². The van der Waals surface area contributed by atoms with Gasteiger partial charge in [-0.15, -0.1) is 11.8 Å². The lowest BCUT2D eigenvalue weighted by Crippen LogP contribution is -2.80. The van der Waals surface area contributed by atoms with E-state index in [0.717, 1.165) is 32.6 Å². The van der Waals surface area contributed by atoms with Crippen LogP contribution in [0.25, 0.3) is 10.9 Å². The van der Waals surface area contributed by atoms with E-state index in [1.807, 2.05) is 38.3 Å². The number of nitrogens with zero attached hydrogens (tertiary/aromatic N) is 3. The number of allylic oxidation sites excluding steroid dienone is 1. The molecule has 3 saturated heterocycles. The molecule has 4 fully saturated rings. The van der Waals surface area contributed by atoms with Crippen molar-refractivity contribution in [2.45, 2.75) is 105 Å². The molecule has 1 amide bonds. The second-order valence-electron chi connectivity index (χ2n) is 18.8. The summed E-state index contributed by atoms with van der Waals surface area (Å²) in [6.45, 7) is 8.26. The first kappa shape index (κ1) is 43.3. The highest BCUT2D eigenvalue weighted by Gasteiger charge is 2.82. The van der Waals surface area contributed by atoms with E-state index >= 15 is 4.79 Å². The maximum Gasteiger partial charge on any atom is 0.344 e. The summed E-state index contributed by atoms with van der Waals surface area (Å²) in [6, 6.07) is 4.61. The van der Waals surface area contributed by atoms with E-state index in [1.165, 1.54) is 26.0 Å². The third-order valence-electron chi connectivity index (χ3n) is 16.2. The minimum absolute atomic E-state index is 0.129. The molecule has 1 aromatic carbocycles. The van der Waals surface area contributed by atoms with Crippen molar-refractivity contribution in [3.63, 3.8) is 0 Å². The Kier molecular flexibility index (Phi) is 10.7. The van der Waals surface area contributed by atoms with E-state index in [0.29, 0.717) is 83.4 Å². The van der Waals surface area contributed by atoms with Gasteiger partial charge in [-0.1, -0.05) is 32.1 Å². The third kappa shape index (κ3) is 5.73. The number of aromatic amines is 1. The zero-order chi connectivity index (χ0) is 44.1. The average Bonchev–Trinajstić information content (AvgIpc) is 3.95. The van der Waals surface area contributed by atoms with Gasteiger partial charge >= 0.3 is 17.9 Å². The van der Waals surface area contributed by atoms with Crippen molar-refractivity contribution in [3.8, 4) is 0 Å². The van der Waals surface area contributed by atoms with E-state index in [-0.39, 0.29) is 5.92 Å². The fraction of sp³-hybridized carbons (Fsp3) is 0.617. The second kappa shape index (κ2) is 15.3. The van der Waals surface area contributed by atoms with Gasteiger partial charge in [-0.05, 0) is 92.7 Å². The first-order chi connectivity index (χ1) is 29.7. The van der Waals surface area contributed by atoms with Gasteiger partial charge in [0.05, 0.1) is 32.0 Å². The molecule has 1 aromatic heterocycles. The predicted octanol–water partition coefficient (Wildman–Crippen LogP) is 3.88. The van der Waals surface area contributed by atoms with Crippen LogP contribution in [0, 0.1) is 22.7 Å². The smallest absolute Gasteiger partial charge is 0.344 e. The fourth-order valence-corrected chi connectivity index (χ4v) is 14.4. The number of carbonyl (C=O) groups is 4. The highest BCUT2D eigenvalue weighted by molar-refractivity contribution is 7.98. The van der Waals surface area contributed by atoms with Crippen LogP contribution in [0.1, 0.15) is 64.1 Å². The topological polar surface area (TPSA) is 171 Å². The molecular weight excluding hydrogens is 813 g/mol. The molecule has 62 heavy (non-hydrogen) atoms. The molecule has 6 heterocycles. The number of methoxy groups -OCH3 is 3. The number of rotatable bonds is 9. The number of thioether (sulfide) groups is 1. The number of benzene rings is 1. The molecule has 0 radical (unpaired) electrons. The van der Waals surface area contributed by atoms with Gasteiger partial charge in [0.1, 0.15) is 5.41 Å². The summed E-state index contributed by atoms with van der Waals surface area (Å²) < 4.78 is 24.0. The Labute approximate surface area is 367 Å². The Hall–Kier alpha value is -3.99. The number of carbonyl (C=O) groups excluding carboxylic acids is 4. The molecule has 1 spiro atoms. The molecule has 334 valence electrons. The fourth-order valence-electron chi connectivity index (χ4n) is 14.0. The van der Waals surface area contributed by atoms with Gasteiger partial charge in [0.15, 0.2) is 6.10 Å². The van der Waals surface area contributed by atoms with Gasteiger partial charge in [-0.3, -0.25) is 24.2 Å². The summed E-state index contributed by atoms with van der Waals surface area (Å²) in [4.78, 5) is 67.7. The Balaban J connectivity index is 1.35. The molecule has 9 rings (SSSR count). The lowest BCUT2D eigenvalue weighted by Gasteiger charge is -2.63. The number of aliphatic hydroxyl groups is 2. The van der Waals surface area contributed by atoms with E-state index in [4.69, 9.17) is 18.9 Å². The molecule has 7 aliphatic rings. The largest absolute Gasteiger partial charge is 0.468 e. The minimum Gasteiger partial charge on any atom is -0.468 e. The molecule has 1 saturated carbocycles. The summed E-state index contributed by atoms with van der Waals surface area (Å²) in [6.07, 6.45) is 11.2. The van der Waals surface area contributed by atoms with Gasteiger partial charge in [0, 0.05) is 90.2 Å². The van der Waals surface area contributed by atoms with E-state index in [2.05, 4.69) is 39.1 Å². The standard InChI is InChI=1S/C47H60N4O10S/c1-8-43(56)22-28-23-46(41(54)59-5,37-30(13-17-49(24-28)25-43)31-19-29(62-7)11-12-34(31)48-37)33-20-32-35(21-36(33)58-4)51(26-52)39-45(32)15-18-50-16-10-14-44(9-2,38(45)50)40(61-27(3)53)47(39,57)42(55)60-6/h10-12,14,19-21,26,28,33,36,38-40,48,56-57H,8-9,13,15-18,22-25H2,1-7H3/t28-,33?,36?,38+,39-,40-,43+,44-,45-,46+,47+/m1/s1. The number of hydrogen-bond donors (Lipinski definition) is 3. The monoisotopic (exact) mass is 872 g/mol. The SMILES string of the molecule is CC[C@]1(O)C[C@H]2CN(CCc3c([nH]c4ccc(SC)cc34)[C@@](C(=O)OC)(C3C=C4C(=CC3OC)N(C=O)[C@H]3[C@@](O)(C(=O)OC)[C@H](OC(C)=O)[C@]5(CC)C=CCN6CC[C@]43[C@@H]65)C2)C1. The van der Waals surface area contributed by atoms with Crippen molar-refractivity contribution in [2.75, 3.05) is 60.3 Å². The van der Waals surface area contributed by atoms with Crippen LogP contribution in [0.3, 0.4) is 0 Å². The summed E-state index contributed by atoms with van der Waals surface area (Å²) in [7, 11) is 4.19. The maximum atomic E-state index is 15.5. The molecule has 14 nitrogen and oxygen atoms in total. The highest BCUT2D eigenvalue weighted by atomic mass is 32.2. The second-order valence-corrected chi connectivity index (χ2v) is 19.7. The van der Waals surface area contributed by atoms with Crippen LogP contribution >= 0.6 is 11.8 Å². The quantitative estimate of drug-likeness (QED) is 0.109. The van der Waals surface area contributed by atoms with Crippen LogP contribution in [0.4, 0.5) is 0 Å². The van der Waals surface area contributed by atoms with Crippen molar-refractivity contribution in [2.24, 2.45) is 22.7 Å². The third-order valence-corrected chi connectivity index (χ3v) is 16.9. The van der Waals surface area contributed by atoms with Crippen molar-refractivity contribution in [1.82, 2.24) is 19.7 Å². The molecule has 2 bridgehead atoms. The molecule has 5 aliphatic heterocycles. The molecule has 2 aliphatic carbocycles. The number of piperidine rings is 1. The first-order valence-corrected chi connectivity index (χ1v) is 23.3. The normalized spacial score (nSPS) is 39.5. The Morgan fingerprint density at radius 3 is 2.45 bits per heavy atom. The zero-order valence-electron chi connectivity index (χ0n) is 36.8. The Bertz CT molecular complexity index is 2290. The first-order valence-electron chi connectivity index (χ1n) is 22.0. The van der Waals surface area contributed by atoms with E-state index in [9.17, 15) is 24.6 Å². The highest BCUT2D eigenvalue weighted by Crippen LogP contribution is 2.70. The molecule has 3 unspecified atom stereocenters. The summed E-state index contributed by atoms with van der Waals surface area (Å²) in [5.41, 5.74) is -3.26. The van der Waals surface area contributed by atoms with Crippen molar-refractivity contribution < 1.29 is 48.3 Å². The number of nitrogens with one attached hydrogen (secondary N) is 1. The summed E-state index contributed by atoms with van der Waals surface area (Å²) in [5, 5.41) is 26.4. The predicted molar refractivity (Wildman–Crippen MR) is 231 cm³/mol. The van der Waals surface area contributed by atoms with Gasteiger partial charge < -0.3 is 39.0 Å². The molecule has 12 atom stereocenters. The lowest BCUT2D eigenvalue weighted by atomic mass is 9.47. The van der Waals surface area contributed by atoms with Crippen LogP contribution in [0.2, 0.25) is 0 Å². The maximum absolute atomic E-state index is 15.5. The van der Waals surface area contributed by atoms with Crippen molar-refractivity contribution in [1.29, 1.82) is 0 Å². The number of hydrogen-bond acceptors (Lipinski definition) is 13. The van der Waals surface area contributed by atoms with E-state index in [1.54, 1.807) is 18.9 Å². The number of amides is 1. The van der Waals surface area contributed by atoms with Crippen molar-refractivity contribution in [3.05, 3.63) is 65.0 Å². The Morgan fingerprint density at radius 2 is 1.79 bits per heavy atom. The number of ether oxygens (including phenoxy) is 4. The van der Waals surface area contributed by atoms with Crippen LogP contribution in [-0.2, 0) is 50.0 Å². The van der Waals surface area contributed by atoms with Crippen LogP contribution in [0.15, 0.2) is 58.7 Å². The van der Waals surface area contributed by atoms with Gasteiger partial charge in [0.2, 0.25) is 12.0 Å². The molecule has 15 heteroatoms. The van der Waals surface area contributed by atoms with Gasteiger partial charge in [-0.25, -0.2) is 4.79 Å². The molecule has 3 N–H and O–H groups in total. The number of fused-ring (bicyclic) bond motifs is 6. The zero-order valence-corrected chi connectivity index (χ0v) is 37.6. The minimum atomic E-state index is -2.52. The average molecular weight is 873 g/mol. The number of likely N-dealkylation sites (tertiary alicyclic amines) is 1. The number of aromatic nitrogens is 1. The molecule has 2 aromatic rings. The van der Waals surface area contributed by atoms with Crippen LogP contribution < -0.4 is 0 Å². The van der Waals surface area contributed by atoms with Crippen molar-refractivity contribution >= 4 is 47.0 Å². The van der Waals surface area contributed by atoms with Gasteiger partial charge in [-0.2, -0.15) is 0 Å². The molecular formula is C47H60N4O10S.